The van der Waals surface area contributed by atoms with Gasteiger partial charge in [0.25, 0.3) is 11.6 Å². The third kappa shape index (κ3) is 4.19. The molecule has 0 unspecified atom stereocenters. The maximum Gasteiger partial charge on any atom is 0.270 e. The Morgan fingerprint density at radius 1 is 1.39 bits per heavy atom. The number of nitro groups is 1. The van der Waals surface area contributed by atoms with Gasteiger partial charge in [0, 0.05) is 38.8 Å². The molecular weight excluding hydrogens is 298 g/mol. The molecule has 1 aliphatic rings. The van der Waals surface area contributed by atoms with Gasteiger partial charge in [-0.1, -0.05) is 0 Å². The fraction of sp³-hybridized carbons (Fsp3) is 0.562. The molecule has 0 spiro atoms. The first-order valence-electron chi connectivity index (χ1n) is 7.70. The second kappa shape index (κ2) is 6.54. The monoisotopic (exact) mass is 321 g/mol. The summed E-state index contributed by atoms with van der Waals surface area (Å²) in [6, 6.07) is 4.41. The number of benzene rings is 1. The Balaban J connectivity index is 2.38. The molecule has 7 heteroatoms. The number of amides is 1. The first-order valence-corrected chi connectivity index (χ1v) is 7.70. The van der Waals surface area contributed by atoms with Crippen molar-refractivity contribution in [1.82, 2.24) is 4.90 Å². The van der Waals surface area contributed by atoms with E-state index in [4.69, 9.17) is 0 Å². The van der Waals surface area contributed by atoms with Crippen LogP contribution in [0.2, 0.25) is 0 Å². The van der Waals surface area contributed by atoms with Gasteiger partial charge >= 0.3 is 0 Å². The van der Waals surface area contributed by atoms with E-state index in [1.165, 1.54) is 17.0 Å². The van der Waals surface area contributed by atoms with Gasteiger partial charge in [0.1, 0.15) is 0 Å². The standard InChI is InChI=1S/C16H23N3O4/c1-16(2,21)11-17(3)15(20)13-10-12(19(22)23)6-7-14(13)18-8-4-5-9-18/h6-7,10,21H,4-5,8-9,11H2,1-3H3. The molecule has 7 nitrogen and oxygen atoms in total. The molecule has 0 atom stereocenters. The Hall–Kier alpha value is -2.15. The van der Waals surface area contributed by atoms with Crippen LogP contribution in [0.25, 0.3) is 0 Å². The van der Waals surface area contributed by atoms with Crippen molar-refractivity contribution < 1.29 is 14.8 Å². The summed E-state index contributed by atoms with van der Waals surface area (Å²) < 4.78 is 0. The summed E-state index contributed by atoms with van der Waals surface area (Å²) in [7, 11) is 1.59. The van der Waals surface area contributed by atoms with Crippen molar-refractivity contribution in [2.45, 2.75) is 32.3 Å². The van der Waals surface area contributed by atoms with Gasteiger partial charge in [0.15, 0.2) is 0 Å². The molecule has 1 aliphatic heterocycles. The maximum absolute atomic E-state index is 12.7. The summed E-state index contributed by atoms with van der Waals surface area (Å²) in [6.07, 6.45) is 2.09. The second-order valence-electron chi connectivity index (χ2n) is 6.63. The number of carbonyl (C=O) groups excluding carboxylic acids is 1. The fourth-order valence-electron chi connectivity index (χ4n) is 2.90. The molecule has 1 saturated heterocycles. The van der Waals surface area contributed by atoms with Crippen LogP contribution in [0.1, 0.15) is 37.0 Å². The maximum atomic E-state index is 12.7. The van der Waals surface area contributed by atoms with E-state index in [9.17, 15) is 20.0 Å². The third-order valence-corrected chi connectivity index (χ3v) is 3.84. The third-order valence-electron chi connectivity index (χ3n) is 3.84. The molecule has 1 heterocycles. The summed E-state index contributed by atoms with van der Waals surface area (Å²) in [6.45, 7) is 5.06. The van der Waals surface area contributed by atoms with Gasteiger partial charge in [-0.05, 0) is 32.8 Å². The largest absolute Gasteiger partial charge is 0.389 e. The van der Waals surface area contributed by atoms with E-state index in [-0.39, 0.29) is 18.1 Å². The smallest absolute Gasteiger partial charge is 0.270 e. The number of non-ortho nitro benzene ring substituents is 1. The van der Waals surface area contributed by atoms with Gasteiger partial charge in [-0.2, -0.15) is 0 Å². The van der Waals surface area contributed by atoms with Crippen molar-refractivity contribution in [3.8, 4) is 0 Å². The number of likely N-dealkylation sites (N-methyl/N-ethyl adjacent to an activating group) is 1. The lowest BCUT2D eigenvalue weighted by atomic mass is 10.1. The average Bonchev–Trinajstić information content (AvgIpc) is 2.97. The number of carbonyl (C=O) groups is 1. The highest BCUT2D eigenvalue weighted by Crippen LogP contribution is 2.29. The molecule has 0 aliphatic carbocycles. The van der Waals surface area contributed by atoms with Crippen LogP contribution < -0.4 is 4.90 Å². The Kier molecular flexibility index (Phi) is 4.89. The van der Waals surface area contributed by atoms with Crippen LogP contribution in [0.3, 0.4) is 0 Å². The van der Waals surface area contributed by atoms with E-state index >= 15 is 0 Å². The summed E-state index contributed by atoms with van der Waals surface area (Å²) >= 11 is 0. The number of rotatable bonds is 5. The topological polar surface area (TPSA) is 86.9 Å². The van der Waals surface area contributed by atoms with Crippen LogP contribution in [0.5, 0.6) is 0 Å². The Morgan fingerprint density at radius 2 is 2.00 bits per heavy atom. The van der Waals surface area contributed by atoms with Gasteiger partial charge in [-0.3, -0.25) is 14.9 Å². The molecule has 0 bridgehead atoms. The molecule has 0 aromatic heterocycles. The number of aliphatic hydroxyl groups is 1. The van der Waals surface area contributed by atoms with Crippen molar-refractivity contribution in [2.75, 3.05) is 31.6 Å². The second-order valence-corrected chi connectivity index (χ2v) is 6.63. The Bertz CT molecular complexity index is 604. The van der Waals surface area contributed by atoms with Crippen LogP contribution >= 0.6 is 0 Å². The number of nitrogens with zero attached hydrogens (tertiary/aromatic N) is 3. The minimum atomic E-state index is -1.03. The summed E-state index contributed by atoms with van der Waals surface area (Å²) in [4.78, 5) is 26.8. The van der Waals surface area contributed by atoms with E-state index in [1.807, 2.05) is 0 Å². The van der Waals surface area contributed by atoms with Gasteiger partial charge in [0.05, 0.1) is 21.8 Å². The highest BCUT2D eigenvalue weighted by atomic mass is 16.6. The van der Waals surface area contributed by atoms with Crippen molar-refractivity contribution in [3.63, 3.8) is 0 Å². The van der Waals surface area contributed by atoms with E-state index in [0.717, 1.165) is 31.6 Å². The van der Waals surface area contributed by atoms with Crippen molar-refractivity contribution in [3.05, 3.63) is 33.9 Å². The van der Waals surface area contributed by atoms with E-state index < -0.39 is 10.5 Å². The summed E-state index contributed by atoms with van der Waals surface area (Å²) in [5.41, 5.74) is -0.0969. The highest BCUT2D eigenvalue weighted by Gasteiger charge is 2.26. The number of anilines is 1. The number of hydrogen-bond donors (Lipinski definition) is 1. The molecule has 1 fully saturated rings. The van der Waals surface area contributed by atoms with Crippen LogP contribution in [-0.2, 0) is 0 Å². The summed E-state index contributed by atoms with van der Waals surface area (Å²) in [5, 5.41) is 20.9. The quantitative estimate of drug-likeness (QED) is 0.662. The number of hydrogen-bond acceptors (Lipinski definition) is 5. The van der Waals surface area contributed by atoms with Crippen molar-refractivity contribution in [2.24, 2.45) is 0 Å². The average molecular weight is 321 g/mol. The van der Waals surface area contributed by atoms with Gasteiger partial charge in [-0.25, -0.2) is 0 Å². The van der Waals surface area contributed by atoms with Crippen LogP contribution in [0.15, 0.2) is 18.2 Å². The SMILES string of the molecule is CN(CC(C)(C)O)C(=O)c1cc([N+](=O)[O-])ccc1N1CCCC1. The fourth-order valence-corrected chi connectivity index (χ4v) is 2.90. The Labute approximate surface area is 135 Å². The molecule has 2 rings (SSSR count). The van der Waals surface area contributed by atoms with E-state index in [2.05, 4.69) is 4.90 Å². The lowest BCUT2D eigenvalue weighted by molar-refractivity contribution is -0.384. The summed E-state index contributed by atoms with van der Waals surface area (Å²) in [5.74, 6) is -0.322. The predicted molar refractivity (Wildman–Crippen MR) is 87.8 cm³/mol. The van der Waals surface area contributed by atoms with E-state index in [1.54, 1.807) is 27.0 Å². The molecule has 1 aromatic carbocycles. The normalized spacial score (nSPS) is 14.9. The zero-order valence-electron chi connectivity index (χ0n) is 13.8. The molecule has 1 amide bonds. The first-order chi connectivity index (χ1) is 10.7. The molecular formula is C16H23N3O4. The van der Waals surface area contributed by atoms with Crippen LogP contribution in [0.4, 0.5) is 11.4 Å². The van der Waals surface area contributed by atoms with Crippen molar-refractivity contribution in [1.29, 1.82) is 0 Å². The Morgan fingerprint density at radius 3 is 2.52 bits per heavy atom. The minimum Gasteiger partial charge on any atom is -0.389 e. The molecule has 1 aromatic rings. The zero-order valence-corrected chi connectivity index (χ0v) is 13.8. The zero-order chi connectivity index (χ0) is 17.2. The van der Waals surface area contributed by atoms with Gasteiger partial charge in [-0.15, -0.1) is 0 Å². The number of nitro benzene ring substituents is 1. The highest BCUT2D eigenvalue weighted by molar-refractivity contribution is 6.00. The van der Waals surface area contributed by atoms with Gasteiger partial charge in [0.2, 0.25) is 0 Å². The predicted octanol–water partition coefficient (Wildman–Crippen LogP) is 2.04. The minimum absolute atomic E-state index is 0.104. The molecule has 23 heavy (non-hydrogen) atoms. The van der Waals surface area contributed by atoms with Crippen LogP contribution in [0, 0.1) is 10.1 Å². The molecule has 126 valence electrons. The van der Waals surface area contributed by atoms with Crippen LogP contribution in [-0.4, -0.2) is 53.1 Å². The first kappa shape index (κ1) is 17.2. The lowest BCUT2D eigenvalue weighted by Gasteiger charge is -2.28. The van der Waals surface area contributed by atoms with Crippen molar-refractivity contribution >= 4 is 17.3 Å². The lowest BCUT2D eigenvalue weighted by Crippen LogP contribution is -2.40. The molecule has 1 N–H and O–H groups in total. The van der Waals surface area contributed by atoms with Gasteiger partial charge < -0.3 is 14.9 Å². The molecule has 0 saturated carbocycles. The molecule has 0 radical (unpaired) electrons. The van der Waals surface area contributed by atoms with E-state index in [0.29, 0.717) is 5.56 Å².